The zero-order valence-electron chi connectivity index (χ0n) is 28.3. The van der Waals surface area contributed by atoms with Crippen molar-refractivity contribution in [2.24, 2.45) is 11.5 Å². The molecule has 2 aromatic rings. The maximum Gasteiger partial charge on any atom is 0.405 e. The van der Waals surface area contributed by atoms with Crippen LogP contribution in [0.5, 0.6) is 0 Å². The van der Waals surface area contributed by atoms with Crippen molar-refractivity contribution in [3.05, 3.63) is 47.5 Å². The third-order valence-electron chi connectivity index (χ3n) is 6.85. The fraction of sp³-hybridized carbons (Fsp3) is 0.514. The van der Waals surface area contributed by atoms with Gasteiger partial charge in [0.2, 0.25) is 5.91 Å². The summed E-state index contributed by atoms with van der Waals surface area (Å²) in [6.07, 6.45) is 5.28. The van der Waals surface area contributed by atoms with Crippen molar-refractivity contribution in [1.82, 2.24) is 5.32 Å². The number of hydrogen-bond acceptors (Lipinski definition) is 10. The third kappa shape index (κ3) is 16.8. The minimum absolute atomic E-state index is 0.0248. The number of benzene rings is 2. The number of amides is 3. The molecule has 13 nitrogen and oxygen atoms in total. The van der Waals surface area contributed by atoms with E-state index < -0.39 is 29.5 Å². The van der Waals surface area contributed by atoms with Gasteiger partial charge in [-0.3, -0.25) is 14.4 Å². The Morgan fingerprint density at radius 3 is 2.17 bits per heavy atom. The van der Waals surface area contributed by atoms with Gasteiger partial charge in [0.25, 0.3) is 5.91 Å². The van der Waals surface area contributed by atoms with Gasteiger partial charge in [0.15, 0.2) is 0 Å². The van der Waals surface area contributed by atoms with Gasteiger partial charge in [0.05, 0.1) is 26.4 Å². The molecule has 2 aromatic carbocycles. The van der Waals surface area contributed by atoms with Crippen LogP contribution in [0.1, 0.15) is 64.9 Å². The highest BCUT2D eigenvalue weighted by molar-refractivity contribution is 6.02. The van der Waals surface area contributed by atoms with Crippen LogP contribution in [0.3, 0.4) is 0 Å². The summed E-state index contributed by atoms with van der Waals surface area (Å²) >= 11 is 0. The van der Waals surface area contributed by atoms with Gasteiger partial charge in [0.1, 0.15) is 23.9 Å². The number of nitrogens with two attached hydrogens (primary N) is 2. The summed E-state index contributed by atoms with van der Waals surface area (Å²) in [5.74, 6) is -1.30. The second-order valence-electron chi connectivity index (χ2n) is 12.1. The number of nitriles is 1. The highest BCUT2D eigenvalue weighted by Gasteiger charge is 2.13. The fourth-order valence-electron chi connectivity index (χ4n) is 4.65. The largest absolute Gasteiger partial charge is 0.463 e. The number of carbonyl (C=O) groups excluding carboxylic acids is 4. The first-order chi connectivity index (χ1) is 22.9. The molecule has 3 amide bonds. The lowest BCUT2D eigenvalue weighted by molar-refractivity contribution is -0.145. The van der Waals surface area contributed by atoms with Gasteiger partial charge in [-0.2, -0.15) is 5.26 Å². The van der Waals surface area contributed by atoms with E-state index >= 15 is 0 Å². The van der Waals surface area contributed by atoms with Gasteiger partial charge in [-0.1, -0.05) is 18.2 Å². The van der Waals surface area contributed by atoms with Gasteiger partial charge in [0, 0.05) is 38.2 Å². The zero-order valence-corrected chi connectivity index (χ0v) is 28.3. The maximum absolute atomic E-state index is 12.5. The Hall–Kier alpha value is -4.67. The second-order valence-corrected chi connectivity index (χ2v) is 12.1. The summed E-state index contributed by atoms with van der Waals surface area (Å²) < 4.78 is 20.3. The summed E-state index contributed by atoms with van der Waals surface area (Å²) in [4.78, 5) is 47.0. The van der Waals surface area contributed by atoms with Crippen LogP contribution >= 0.6 is 0 Å². The topological polar surface area (TPSA) is 196 Å². The van der Waals surface area contributed by atoms with Crippen molar-refractivity contribution in [3.63, 3.8) is 0 Å². The minimum atomic E-state index is -0.725. The molecule has 13 heteroatoms. The highest BCUT2D eigenvalue weighted by Crippen LogP contribution is 2.26. The molecule has 1 saturated heterocycles. The molecule has 0 spiro atoms. The molecule has 1 aliphatic heterocycles. The van der Waals surface area contributed by atoms with Crippen LogP contribution in [-0.2, 0) is 33.3 Å². The average Bonchev–Trinajstić information content (AvgIpc) is 3.03. The molecule has 1 fully saturated rings. The lowest BCUT2D eigenvalue weighted by atomic mass is 10.0. The molecular weight excluding hydrogens is 618 g/mol. The van der Waals surface area contributed by atoms with Gasteiger partial charge in [-0.15, -0.1) is 0 Å². The number of anilines is 1. The van der Waals surface area contributed by atoms with Crippen molar-refractivity contribution >= 4 is 46.4 Å². The van der Waals surface area contributed by atoms with E-state index in [-0.39, 0.29) is 44.8 Å². The molecule has 3 rings (SSSR count). The molecule has 0 saturated carbocycles. The standard InChI is InChI=1S/C30H38N4O6.C5H11NO2/c31-22-26(20-23-7-8-25-21-27(10-9-24(25)19-23)34-12-2-1-3-13-34)30(37)33-11-14-38-15-16-39-17-18-40-29(36)6-4-5-28(32)35;1-5(2,3)8-4(6)7/h7-10,19-21H,1-6,11-18H2,(H2,32,35)(H,33,37);1-3H3,(H2,6,7)/b26-20+;. The number of fused-ring (bicyclic) bond motifs is 1. The van der Waals surface area contributed by atoms with Crippen LogP contribution in [0.4, 0.5) is 10.5 Å². The van der Waals surface area contributed by atoms with E-state index in [0.29, 0.717) is 19.6 Å². The number of rotatable bonds is 16. The van der Waals surface area contributed by atoms with Crippen LogP contribution in [-0.4, -0.2) is 82.1 Å². The van der Waals surface area contributed by atoms with Crippen LogP contribution in [0, 0.1) is 11.3 Å². The zero-order chi connectivity index (χ0) is 35.4. The number of nitrogens with one attached hydrogen (secondary N) is 1. The normalized spacial score (nSPS) is 13.1. The van der Waals surface area contributed by atoms with Crippen molar-refractivity contribution in [2.75, 3.05) is 57.6 Å². The third-order valence-corrected chi connectivity index (χ3v) is 6.85. The lowest BCUT2D eigenvalue weighted by Gasteiger charge is -2.29. The van der Waals surface area contributed by atoms with Crippen LogP contribution < -0.4 is 21.7 Å². The fourth-order valence-corrected chi connectivity index (χ4v) is 4.65. The maximum atomic E-state index is 12.5. The monoisotopic (exact) mass is 667 g/mol. The van der Waals surface area contributed by atoms with E-state index in [1.165, 1.54) is 24.9 Å². The number of piperidine rings is 1. The van der Waals surface area contributed by atoms with Gasteiger partial charge in [-0.25, -0.2) is 4.79 Å². The molecule has 0 bridgehead atoms. The molecule has 0 atom stereocenters. The van der Waals surface area contributed by atoms with Crippen LogP contribution in [0.2, 0.25) is 0 Å². The Balaban J connectivity index is 0.000000886. The number of ether oxygens (including phenoxy) is 4. The van der Waals surface area contributed by atoms with E-state index in [4.69, 9.17) is 25.7 Å². The van der Waals surface area contributed by atoms with Crippen molar-refractivity contribution in [2.45, 2.75) is 64.9 Å². The SMILES string of the molecule is CC(C)(C)OC(N)=O.N#C/C(=C\c1ccc2cc(N3CCCCC3)ccc2c1)C(=O)NCCOCCOCCOC(=O)CCCC(N)=O. The first-order valence-electron chi connectivity index (χ1n) is 16.1. The molecule has 1 aliphatic rings. The molecule has 0 unspecified atom stereocenters. The van der Waals surface area contributed by atoms with Crippen molar-refractivity contribution in [3.8, 4) is 6.07 Å². The molecule has 0 aliphatic carbocycles. The average molecular weight is 668 g/mol. The first-order valence-corrected chi connectivity index (χ1v) is 16.1. The van der Waals surface area contributed by atoms with E-state index in [9.17, 15) is 24.4 Å². The summed E-state index contributed by atoms with van der Waals surface area (Å²) in [6.45, 7) is 8.93. The van der Waals surface area contributed by atoms with Gasteiger partial charge >= 0.3 is 12.1 Å². The quantitative estimate of drug-likeness (QED) is 0.102. The molecule has 0 aromatic heterocycles. The Morgan fingerprint density at radius 1 is 0.896 bits per heavy atom. The Bertz CT molecular complexity index is 1420. The second kappa shape index (κ2) is 21.3. The smallest absolute Gasteiger partial charge is 0.405 e. The summed E-state index contributed by atoms with van der Waals surface area (Å²) in [5, 5.41) is 14.4. The molecule has 1 heterocycles. The van der Waals surface area contributed by atoms with E-state index in [0.717, 1.165) is 29.4 Å². The van der Waals surface area contributed by atoms with Crippen LogP contribution in [0.15, 0.2) is 42.0 Å². The lowest BCUT2D eigenvalue weighted by Crippen LogP contribution is -2.29. The number of esters is 1. The molecule has 48 heavy (non-hydrogen) atoms. The molecule has 5 N–H and O–H groups in total. The Labute approximate surface area is 282 Å². The van der Waals surface area contributed by atoms with Gasteiger partial charge in [-0.05, 0) is 87.1 Å². The van der Waals surface area contributed by atoms with Crippen molar-refractivity contribution < 1.29 is 38.1 Å². The van der Waals surface area contributed by atoms with Crippen LogP contribution in [0.25, 0.3) is 16.8 Å². The van der Waals surface area contributed by atoms with Crippen molar-refractivity contribution in [1.29, 1.82) is 5.26 Å². The molecule has 262 valence electrons. The van der Waals surface area contributed by atoms with E-state index in [1.54, 1.807) is 26.8 Å². The van der Waals surface area contributed by atoms with E-state index in [1.807, 2.05) is 24.3 Å². The number of carbonyl (C=O) groups is 4. The van der Waals surface area contributed by atoms with E-state index in [2.05, 4.69) is 33.2 Å². The Kier molecular flexibility index (Phi) is 17.5. The summed E-state index contributed by atoms with van der Waals surface area (Å²) in [7, 11) is 0. The van der Waals surface area contributed by atoms with Gasteiger partial charge < -0.3 is 40.6 Å². The number of nitrogens with zero attached hydrogens (tertiary/aromatic N) is 2. The predicted octanol–water partition coefficient (Wildman–Crippen LogP) is 3.97. The highest BCUT2D eigenvalue weighted by atomic mass is 16.6. The summed E-state index contributed by atoms with van der Waals surface area (Å²) in [6, 6.07) is 14.3. The number of primary amides is 2. The Morgan fingerprint density at radius 2 is 1.54 bits per heavy atom. The minimum Gasteiger partial charge on any atom is -0.463 e. The predicted molar refractivity (Wildman–Crippen MR) is 183 cm³/mol. The molecule has 0 radical (unpaired) electrons. The summed E-state index contributed by atoms with van der Waals surface area (Å²) in [5.41, 5.74) is 11.3. The number of hydrogen-bond donors (Lipinski definition) is 3. The molecular formula is C35H49N5O8. The first kappa shape index (κ1) is 39.5.